The quantitative estimate of drug-likeness (QED) is 0.193. The van der Waals surface area contributed by atoms with Crippen LogP contribution in [-0.2, 0) is 4.79 Å². The first-order valence-corrected chi connectivity index (χ1v) is 8.65. The van der Waals surface area contributed by atoms with E-state index in [2.05, 4.69) is 49.4 Å². The van der Waals surface area contributed by atoms with E-state index < -0.39 is 0 Å². The molecule has 0 aromatic heterocycles. The molecule has 0 atom stereocenters. The van der Waals surface area contributed by atoms with E-state index >= 15 is 0 Å². The van der Waals surface area contributed by atoms with Gasteiger partial charge in [-0.25, -0.2) is 0 Å². The van der Waals surface area contributed by atoms with Crippen molar-refractivity contribution in [1.29, 1.82) is 0 Å². The molecular formula is C22H20O2. The Kier molecular flexibility index (Phi) is 3.81. The third kappa shape index (κ3) is 2.48. The van der Waals surface area contributed by atoms with Gasteiger partial charge in [0.1, 0.15) is 5.75 Å². The number of rotatable bonds is 5. The van der Waals surface area contributed by atoms with Crippen molar-refractivity contribution >= 4 is 38.3 Å². The van der Waals surface area contributed by atoms with Gasteiger partial charge >= 0.3 is 5.97 Å². The average Bonchev–Trinajstić information content (AvgIpc) is 2.61. The molecule has 24 heavy (non-hydrogen) atoms. The van der Waals surface area contributed by atoms with Crippen LogP contribution in [0.5, 0.6) is 5.75 Å². The molecule has 2 heteroatoms. The molecule has 0 saturated heterocycles. The Bertz CT molecular complexity index is 1000. The summed E-state index contributed by atoms with van der Waals surface area (Å²) in [6.07, 6.45) is 3.54. The molecule has 0 N–H and O–H groups in total. The second-order valence-corrected chi connectivity index (χ2v) is 6.35. The van der Waals surface area contributed by atoms with Crippen LogP contribution in [-0.4, -0.2) is 5.97 Å². The van der Waals surface area contributed by atoms with E-state index in [0.29, 0.717) is 12.2 Å². The van der Waals surface area contributed by atoms with Gasteiger partial charge in [-0.15, -0.1) is 0 Å². The number of hydrogen-bond acceptors (Lipinski definition) is 2. The fraction of sp³-hybridized carbons (Fsp3) is 0.227. The maximum absolute atomic E-state index is 12.1. The van der Waals surface area contributed by atoms with Crippen LogP contribution in [0, 0.1) is 0 Å². The third-order valence-corrected chi connectivity index (χ3v) is 4.70. The fourth-order valence-corrected chi connectivity index (χ4v) is 3.49. The highest BCUT2D eigenvalue weighted by Crippen LogP contribution is 2.38. The molecule has 4 aromatic carbocycles. The molecule has 0 radical (unpaired) electrons. The Balaban J connectivity index is 1.81. The third-order valence-electron chi connectivity index (χ3n) is 4.70. The van der Waals surface area contributed by atoms with Crippen molar-refractivity contribution in [2.24, 2.45) is 0 Å². The van der Waals surface area contributed by atoms with Crippen LogP contribution in [0.25, 0.3) is 32.3 Å². The smallest absolute Gasteiger partial charge is 0.311 e. The van der Waals surface area contributed by atoms with Crippen molar-refractivity contribution in [3.8, 4) is 5.75 Å². The molecule has 0 saturated carbocycles. The molecule has 0 aliphatic heterocycles. The molecule has 0 bridgehead atoms. The zero-order valence-corrected chi connectivity index (χ0v) is 13.8. The first-order chi connectivity index (χ1) is 11.8. The average molecular weight is 316 g/mol. The van der Waals surface area contributed by atoms with Crippen LogP contribution in [0.1, 0.15) is 32.6 Å². The highest BCUT2D eigenvalue weighted by atomic mass is 16.5. The summed E-state index contributed by atoms with van der Waals surface area (Å²) < 4.78 is 5.68. The predicted molar refractivity (Wildman–Crippen MR) is 99.9 cm³/mol. The normalized spacial score (nSPS) is 11.5. The Morgan fingerprint density at radius 2 is 1.50 bits per heavy atom. The van der Waals surface area contributed by atoms with Gasteiger partial charge in [0, 0.05) is 17.2 Å². The highest BCUT2D eigenvalue weighted by Gasteiger charge is 2.13. The number of benzene rings is 4. The minimum atomic E-state index is -0.140. The fourth-order valence-electron chi connectivity index (χ4n) is 3.49. The molecule has 120 valence electrons. The summed E-state index contributed by atoms with van der Waals surface area (Å²) in [6, 6.07) is 18.8. The number of esters is 1. The van der Waals surface area contributed by atoms with Crippen LogP contribution in [0.3, 0.4) is 0 Å². The lowest BCUT2D eigenvalue weighted by Gasteiger charge is -2.13. The van der Waals surface area contributed by atoms with Crippen molar-refractivity contribution in [1.82, 2.24) is 0 Å². The number of hydrogen-bond donors (Lipinski definition) is 0. The largest absolute Gasteiger partial charge is 0.426 e. The van der Waals surface area contributed by atoms with Gasteiger partial charge in [-0.3, -0.25) is 4.79 Å². The molecular weight excluding hydrogens is 296 g/mol. The van der Waals surface area contributed by atoms with Gasteiger partial charge in [0.05, 0.1) is 0 Å². The summed E-state index contributed by atoms with van der Waals surface area (Å²) in [6.45, 7) is 2.13. The van der Waals surface area contributed by atoms with Gasteiger partial charge in [-0.05, 0) is 40.1 Å². The zero-order chi connectivity index (χ0) is 16.5. The number of ether oxygens (including phenoxy) is 1. The van der Waals surface area contributed by atoms with Gasteiger partial charge in [0.15, 0.2) is 0 Å². The predicted octanol–water partition coefficient (Wildman–Crippen LogP) is 6.07. The van der Waals surface area contributed by atoms with Crippen molar-refractivity contribution in [3.05, 3.63) is 54.6 Å². The second-order valence-electron chi connectivity index (χ2n) is 6.35. The molecule has 4 rings (SSSR count). The molecule has 0 aliphatic rings. The van der Waals surface area contributed by atoms with Gasteiger partial charge < -0.3 is 4.74 Å². The molecule has 0 aliphatic carbocycles. The van der Waals surface area contributed by atoms with E-state index in [4.69, 9.17) is 4.74 Å². The summed E-state index contributed by atoms with van der Waals surface area (Å²) in [7, 11) is 0. The molecule has 0 fully saturated rings. The van der Waals surface area contributed by atoms with E-state index in [0.717, 1.165) is 24.6 Å². The summed E-state index contributed by atoms with van der Waals surface area (Å²) in [5.74, 6) is 0.528. The number of carbonyl (C=O) groups is 1. The van der Waals surface area contributed by atoms with Gasteiger partial charge in [-0.2, -0.15) is 0 Å². The molecule has 2 nitrogen and oxygen atoms in total. The SMILES string of the molecule is CCCCCC(=O)Oc1ccc2ccc3cccc4ccc1c2c34. The van der Waals surface area contributed by atoms with E-state index in [1.54, 1.807) is 0 Å². The molecule has 4 aromatic rings. The summed E-state index contributed by atoms with van der Waals surface area (Å²) in [4.78, 5) is 12.1. The molecule has 0 unspecified atom stereocenters. The number of carbonyl (C=O) groups excluding carboxylic acids is 1. The first-order valence-electron chi connectivity index (χ1n) is 8.65. The van der Waals surface area contributed by atoms with Gasteiger partial charge in [0.25, 0.3) is 0 Å². The molecule has 0 amide bonds. The minimum absolute atomic E-state index is 0.140. The summed E-state index contributed by atoms with van der Waals surface area (Å²) in [5.41, 5.74) is 0. The van der Waals surface area contributed by atoms with E-state index in [9.17, 15) is 4.79 Å². The number of unbranched alkanes of at least 4 members (excludes halogenated alkanes) is 2. The maximum Gasteiger partial charge on any atom is 0.311 e. The zero-order valence-electron chi connectivity index (χ0n) is 13.8. The van der Waals surface area contributed by atoms with Crippen LogP contribution in [0.15, 0.2) is 54.6 Å². The van der Waals surface area contributed by atoms with Crippen LogP contribution in [0.2, 0.25) is 0 Å². The Morgan fingerprint density at radius 1 is 0.833 bits per heavy atom. The van der Waals surface area contributed by atoms with Crippen LogP contribution in [0.4, 0.5) is 0 Å². The van der Waals surface area contributed by atoms with Crippen LogP contribution >= 0.6 is 0 Å². The van der Waals surface area contributed by atoms with Gasteiger partial charge in [0.2, 0.25) is 0 Å². The Morgan fingerprint density at radius 3 is 2.25 bits per heavy atom. The minimum Gasteiger partial charge on any atom is -0.426 e. The standard InChI is InChI=1S/C22H20O2/c1-2-3-4-8-20(23)24-19-14-12-17-10-9-15-6-5-7-16-11-13-18(19)22(17)21(15)16/h5-7,9-14H,2-4,8H2,1H3. The lowest BCUT2D eigenvalue weighted by Crippen LogP contribution is -2.07. The van der Waals surface area contributed by atoms with Crippen molar-refractivity contribution < 1.29 is 9.53 Å². The van der Waals surface area contributed by atoms with Crippen LogP contribution < -0.4 is 4.74 Å². The van der Waals surface area contributed by atoms with Crippen molar-refractivity contribution in [3.63, 3.8) is 0 Å². The summed E-state index contributed by atoms with van der Waals surface area (Å²) in [5, 5.41) is 7.07. The monoisotopic (exact) mass is 316 g/mol. The Labute approximate surface area is 141 Å². The lowest BCUT2D eigenvalue weighted by molar-refractivity contribution is -0.134. The van der Waals surface area contributed by atoms with Crippen molar-refractivity contribution in [2.45, 2.75) is 32.6 Å². The van der Waals surface area contributed by atoms with E-state index in [1.807, 2.05) is 12.1 Å². The van der Waals surface area contributed by atoms with Gasteiger partial charge in [-0.1, -0.05) is 62.2 Å². The van der Waals surface area contributed by atoms with E-state index in [-0.39, 0.29) is 5.97 Å². The molecule has 0 spiro atoms. The first kappa shape index (κ1) is 14.9. The Hall–Kier alpha value is -2.61. The maximum atomic E-state index is 12.1. The molecule has 0 heterocycles. The second kappa shape index (κ2) is 6.12. The lowest BCUT2D eigenvalue weighted by atomic mass is 9.94. The topological polar surface area (TPSA) is 26.3 Å². The highest BCUT2D eigenvalue weighted by molar-refractivity contribution is 6.24. The van der Waals surface area contributed by atoms with Crippen molar-refractivity contribution in [2.75, 3.05) is 0 Å². The summed E-state index contributed by atoms with van der Waals surface area (Å²) >= 11 is 0. The van der Waals surface area contributed by atoms with E-state index in [1.165, 1.54) is 26.9 Å².